The molecular weight excluding hydrogens is 494 g/mol. The van der Waals surface area contributed by atoms with Crippen LogP contribution in [0, 0.1) is 0 Å². The Morgan fingerprint density at radius 2 is 1.76 bits per heavy atom. The zero-order valence-electron chi connectivity index (χ0n) is 21.4. The van der Waals surface area contributed by atoms with E-state index in [0.717, 1.165) is 18.5 Å². The van der Waals surface area contributed by atoms with E-state index >= 15 is 0 Å². The number of ether oxygens (including phenoxy) is 5. The number of rotatable bonds is 8. The van der Waals surface area contributed by atoms with E-state index in [4.69, 9.17) is 28.1 Å². The number of fused-ring (bicyclic) bond motifs is 2. The van der Waals surface area contributed by atoms with Gasteiger partial charge in [-0.15, -0.1) is 0 Å². The van der Waals surface area contributed by atoms with Crippen LogP contribution < -0.4 is 24.4 Å². The van der Waals surface area contributed by atoms with Crippen LogP contribution in [0.2, 0.25) is 0 Å². The van der Waals surface area contributed by atoms with Gasteiger partial charge in [-0.2, -0.15) is 0 Å². The molecule has 0 aliphatic carbocycles. The summed E-state index contributed by atoms with van der Waals surface area (Å²) in [5, 5.41) is 10.7. The molecule has 0 saturated heterocycles. The van der Waals surface area contributed by atoms with Crippen LogP contribution in [0.1, 0.15) is 40.5 Å². The van der Waals surface area contributed by atoms with E-state index < -0.39 is 23.1 Å². The molecule has 0 unspecified atom stereocenters. The van der Waals surface area contributed by atoms with Crippen molar-refractivity contribution >= 4 is 5.97 Å². The van der Waals surface area contributed by atoms with Crippen LogP contribution >= 0.6 is 0 Å². The average molecular weight is 524 g/mol. The van der Waals surface area contributed by atoms with Gasteiger partial charge in [-0.3, -0.25) is 14.5 Å². The predicted molar refractivity (Wildman–Crippen MR) is 135 cm³/mol. The first-order chi connectivity index (χ1) is 18.4. The molecule has 200 valence electrons. The van der Waals surface area contributed by atoms with Gasteiger partial charge in [-0.1, -0.05) is 6.07 Å². The molecule has 0 radical (unpaired) electrons. The van der Waals surface area contributed by atoms with Gasteiger partial charge < -0.3 is 33.2 Å². The van der Waals surface area contributed by atoms with Crippen LogP contribution in [-0.2, 0) is 29.0 Å². The first-order valence-corrected chi connectivity index (χ1v) is 12.2. The van der Waals surface area contributed by atoms with Gasteiger partial charge in [0, 0.05) is 19.2 Å². The molecule has 1 N–H and O–H groups in total. The van der Waals surface area contributed by atoms with Gasteiger partial charge in [0.15, 0.2) is 28.8 Å². The van der Waals surface area contributed by atoms with Crippen LogP contribution in [0.5, 0.6) is 28.7 Å². The average Bonchev–Trinajstić information content (AvgIpc) is 3.40. The minimum atomic E-state index is -0.775. The van der Waals surface area contributed by atoms with Crippen molar-refractivity contribution in [3.63, 3.8) is 0 Å². The maximum absolute atomic E-state index is 12.8. The lowest BCUT2D eigenvalue weighted by atomic mass is 9.92. The van der Waals surface area contributed by atoms with Crippen LogP contribution in [0.15, 0.2) is 45.6 Å². The van der Waals surface area contributed by atoms with E-state index in [1.165, 1.54) is 18.7 Å². The molecule has 3 aromatic rings. The summed E-state index contributed by atoms with van der Waals surface area (Å²) in [6.45, 7) is 1.77. The third-order valence-electron chi connectivity index (χ3n) is 6.89. The van der Waals surface area contributed by atoms with Gasteiger partial charge in [-0.25, -0.2) is 0 Å². The van der Waals surface area contributed by atoms with Crippen molar-refractivity contribution in [2.45, 2.75) is 31.8 Å². The summed E-state index contributed by atoms with van der Waals surface area (Å²) in [5.41, 5.74) is 2.30. The van der Waals surface area contributed by atoms with Crippen molar-refractivity contribution in [1.29, 1.82) is 0 Å². The first kappa shape index (κ1) is 25.5. The normalized spacial score (nSPS) is 15.0. The topological polar surface area (TPSA) is 117 Å². The van der Waals surface area contributed by atoms with Crippen LogP contribution in [0.3, 0.4) is 0 Å². The third-order valence-corrected chi connectivity index (χ3v) is 6.89. The first-order valence-electron chi connectivity index (χ1n) is 12.2. The number of hydrogen-bond donors (Lipinski definition) is 1. The SMILES string of the molecule is COC(=O)C[C@@H](c1ccc2c(c1)OCO2)c1oc(CN2CCc3cc(OC)c(OC)cc3C2)cc(=O)c1O. The zero-order chi connectivity index (χ0) is 26.8. The summed E-state index contributed by atoms with van der Waals surface area (Å²) < 4.78 is 32.7. The second kappa shape index (κ2) is 10.7. The number of benzene rings is 2. The molecule has 0 spiro atoms. The third kappa shape index (κ3) is 4.99. The van der Waals surface area contributed by atoms with E-state index in [1.807, 2.05) is 12.1 Å². The Labute approximate surface area is 219 Å². The van der Waals surface area contributed by atoms with Gasteiger partial charge in [-0.05, 0) is 47.4 Å². The largest absolute Gasteiger partial charge is 0.502 e. The number of carbonyl (C=O) groups is 1. The van der Waals surface area contributed by atoms with Crippen molar-refractivity contribution in [3.05, 3.63) is 74.8 Å². The highest BCUT2D eigenvalue weighted by molar-refractivity contribution is 5.71. The molecule has 2 aliphatic rings. The van der Waals surface area contributed by atoms with E-state index in [1.54, 1.807) is 32.4 Å². The monoisotopic (exact) mass is 523 g/mol. The van der Waals surface area contributed by atoms with Crippen LogP contribution in [0.25, 0.3) is 0 Å². The molecule has 38 heavy (non-hydrogen) atoms. The van der Waals surface area contributed by atoms with E-state index in [0.29, 0.717) is 47.4 Å². The fourth-order valence-electron chi connectivity index (χ4n) is 4.91. The summed E-state index contributed by atoms with van der Waals surface area (Å²) in [7, 11) is 4.49. The zero-order valence-corrected chi connectivity index (χ0v) is 21.4. The molecule has 5 rings (SSSR count). The Morgan fingerprint density at radius 1 is 1.03 bits per heavy atom. The summed E-state index contributed by atoms with van der Waals surface area (Å²) in [4.78, 5) is 27.3. The number of aromatic hydroxyl groups is 1. The lowest BCUT2D eigenvalue weighted by molar-refractivity contribution is -0.140. The van der Waals surface area contributed by atoms with E-state index in [-0.39, 0.29) is 19.0 Å². The second-order valence-corrected chi connectivity index (χ2v) is 9.17. The van der Waals surface area contributed by atoms with Gasteiger partial charge in [0.25, 0.3) is 0 Å². The maximum atomic E-state index is 12.8. The second-order valence-electron chi connectivity index (χ2n) is 9.17. The molecule has 0 fully saturated rings. The number of nitrogens with zero attached hydrogens (tertiary/aromatic N) is 1. The van der Waals surface area contributed by atoms with Crippen molar-refractivity contribution in [1.82, 2.24) is 4.90 Å². The molecule has 2 aliphatic heterocycles. The highest BCUT2D eigenvalue weighted by Gasteiger charge is 2.29. The Morgan fingerprint density at radius 3 is 2.50 bits per heavy atom. The molecule has 10 heteroatoms. The van der Waals surface area contributed by atoms with Crippen LogP contribution in [0.4, 0.5) is 0 Å². The molecule has 1 atom stereocenters. The maximum Gasteiger partial charge on any atom is 0.306 e. The molecule has 2 aromatic carbocycles. The Balaban J connectivity index is 1.45. The van der Waals surface area contributed by atoms with Gasteiger partial charge in [0.05, 0.1) is 40.2 Å². The molecule has 3 heterocycles. The Bertz CT molecular complexity index is 1410. The molecule has 1 aromatic heterocycles. The quantitative estimate of drug-likeness (QED) is 0.441. The molecule has 0 bridgehead atoms. The van der Waals surface area contributed by atoms with E-state index in [2.05, 4.69) is 4.90 Å². The minimum absolute atomic E-state index is 0.000537. The Hall–Kier alpha value is -4.18. The van der Waals surface area contributed by atoms with Crippen molar-refractivity contribution < 1.29 is 38.0 Å². The number of esters is 1. The fourth-order valence-corrected chi connectivity index (χ4v) is 4.91. The van der Waals surface area contributed by atoms with Crippen molar-refractivity contribution in [2.75, 3.05) is 34.7 Å². The van der Waals surface area contributed by atoms with E-state index in [9.17, 15) is 14.7 Å². The number of hydrogen-bond acceptors (Lipinski definition) is 10. The minimum Gasteiger partial charge on any atom is -0.502 e. The van der Waals surface area contributed by atoms with Crippen molar-refractivity contribution in [2.24, 2.45) is 0 Å². The van der Waals surface area contributed by atoms with Crippen LogP contribution in [-0.4, -0.2) is 50.6 Å². The molecule has 10 nitrogen and oxygen atoms in total. The summed E-state index contributed by atoms with van der Waals surface area (Å²) in [5.74, 6) is 0.971. The van der Waals surface area contributed by atoms with Gasteiger partial charge in [0.2, 0.25) is 18.0 Å². The standard InChI is InChI=1S/C28H29NO9/c1-33-23-8-16-6-7-29(13-18(16)10-24(23)34-2)14-19-11-21(30)27(32)28(38-19)20(12-26(31)35-3)17-4-5-22-25(9-17)37-15-36-22/h4-5,8-11,20,32H,6-7,12-15H2,1-3H3/t20-/m0/s1. The fraction of sp³-hybridized carbons (Fsp3) is 0.357. The summed E-state index contributed by atoms with van der Waals surface area (Å²) in [6.07, 6.45) is 0.641. The molecular formula is C28H29NO9. The van der Waals surface area contributed by atoms with Gasteiger partial charge in [0.1, 0.15) is 5.76 Å². The van der Waals surface area contributed by atoms with Gasteiger partial charge >= 0.3 is 5.97 Å². The smallest absolute Gasteiger partial charge is 0.306 e. The van der Waals surface area contributed by atoms with Crippen molar-refractivity contribution in [3.8, 4) is 28.7 Å². The Kier molecular flexibility index (Phi) is 7.15. The number of methoxy groups -OCH3 is 3. The number of carbonyl (C=O) groups excluding carboxylic acids is 1. The summed E-state index contributed by atoms with van der Waals surface area (Å²) >= 11 is 0. The molecule has 0 amide bonds. The molecule has 0 saturated carbocycles. The predicted octanol–water partition coefficient (Wildman–Crippen LogP) is 3.34. The highest BCUT2D eigenvalue weighted by atomic mass is 16.7. The lowest BCUT2D eigenvalue weighted by Crippen LogP contribution is -2.30. The lowest BCUT2D eigenvalue weighted by Gasteiger charge is -2.29. The highest BCUT2D eigenvalue weighted by Crippen LogP contribution is 2.40. The summed E-state index contributed by atoms with van der Waals surface area (Å²) in [6, 6.07) is 10.4.